The molecule has 142 valence electrons. The Hall–Kier alpha value is -2.63. The number of aryl methyl sites for hydroxylation is 1. The molecular formula is C23H23N3OS. The number of thiophene rings is 1. The number of piperazine rings is 1. The maximum absolute atomic E-state index is 11.8. The molecule has 1 aliphatic rings. The molecular weight excluding hydrogens is 366 g/mol. The van der Waals surface area contributed by atoms with E-state index < -0.39 is 0 Å². The van der Waals surface area contributed by atoms with Gasteiger partial charge in [0.05, 0.1) is 11.2 Å². The summed E-state index contributed by atoms with van der Waals surface area (Å²) in [5, 5.41) is 4.80. The van der Waals surface area contributed by atoms with Gasteiger partial charge in [-0.05, 0) is 35.2 Å². The standard InChI is InChI=1S/C23H23N3OS/c1-24-20-8-6-17(14-18(20)7-9-23(24)27)15-25-10-12-26(13-11-25)21-16-28-22-5-3-2-4-19(21)22/h2-9,14,16H,10-13,15H2,1H3. The van der Waals surface area contributed by atoms with Crippen LogP contribution in [0.1, 0.15) is 5.56 Å². The van der Waals surface area contributed by atoms with Crippen LogP contribution in [0.25, 0.3) is 21.0 Å². The minimum absolute atomic E-state index is 0.0392. The highest BCUT2D eigenvalue weighted by Gasteiger charge is 2.19. The maximum Gasteiger partial charge on any atom is 0.250 e. The lowest BCUT2D eigenvalue weighted by molar-refractivity contribution is 0.250. The van der Waals surface area contributed by atoms with Crippen LogP contribution in [0, 0.1) is 0 Å². The number of hydrogen-bond donors (Lipinski definition) is 0. The number of anilines is 1. The summed E-state index contributed by atoms with van der Waals surface area (Å²) in [6, 6.07) is 18.7. The van der Waals surface area contributed by atoms with Crippen molar-refractivity contribution in [2.75, 3.05) is 31.1 Å². The first-order chi connectivity index (χ1) is 13.7. The van der Waals surface area contributed by atoms with Crippen molar-refractivity contribution >= 4 is 38.0 Å². The Morgan fingerprint density at radius 3 is 2.64 bits per heavy atom. The number of pyridine rings is 1. The van der Waals surface area contributed by atoms with Crippen molar-refractivity contribution in [3.05, 3.63) is 75.9 Å². The van der Waals surface area contributed by atoms with Crippen molar-refractivity contribution in [3.8, 4) is 0 Å². The van der Waals surface area contributed by atoms with Crippen molar-refractivity contribution in [2.24, 2.45) is 7.05 Å². The van der Waals surface area contributed by atoms with Crippen LogP contribution in [-0.4, -0.2) is 35.6 Å². The van der Waals surface area contributed by atoms with Gasteiger partial charge in [-0.3, -0.25) is 9.69 Å². The van der Waals surface area contributed by atoms with Crippen LogP contribution in [-0.2, 0) is 13.6 Å². The predicted octanol–water partition coefficient (Wildman–Crippen LogP) is 4.08. The fourth-order valence-electron chi connectivity index (χ4n) is 4.15. The minimum Gasteiger partial charge on any atom is -0.368 e. The van der Waals surface area contributed by atoms with Crippen molar-refractivity contribution in [1.29, 1.82) is 0 Å². The van der Waals surface area contributed by atoms with Crippen LogP contribution in [0.3, 0.4) is 0 Å². The highest BCUT2D eigenvalue weighted by Crippen LogP contribution is 2.33. The normalized spacial score (nSPS) is 15.5. The van der Waals surface area contributed by atoms with E-state index >= 15 is 0 Å². The smallest absolute Gasteiger partial charge is 0.250 e. The van der Waals surface area contributed by atoms with Crippen LogP contribution in [0.4, 0.5) is 5.69 Å². The van der Waals surface area contributed by atoms with E-state index in [1.165, 1.54) is 21.3 Å². The van der Waals surface area contributed by atoms with Crippen molar-refractivity contribution < 1.29 is 0 Å². The summed E-state index contributed by atoms with van der Waals surface area (Å²) >= 11 is 1.83. The molecule has 0 atom stereocenters. The first-order valence-electron chi connectivity index (χ1n) is 9.71. The quantitative estimate of drug-likeness (QED) is 0.529. The summed E-state index contributed by atoms with van der Waals surface area (Å²) in [6.07, 6.45) is 0. The molecule has 0 amide bonds. The fraction of sp³-hybridized carbons (Fsp3) is 0.261. The molecule has 5 rings (SSSR count). The lowest BCUT2D eigenvalue weighted by Gasteiger charge is -2.36. The van der Waals surface area contributed by atoms with E-state index in [4.69, 9.17) is 0 Å². The Bertz CT molecular complexity index is 1200. The van der Waals surface area contributed by atoms with Crippen molar-refractivity contribution in [2.45, 2.75) is 6.54 Å². The molecule has 0 unspecified atom stereocenters. The van der Waals surface area contributed by atoms with Crippen LogP contribution in [0.5, 0.6) is 0 Å². The number of nitrogens with zero attached hydrogens (tertiary/aromatic N) is 3. The molecule has 0 bridgehead atoms. The van der Waals surface area contributed by atoms with Gasteiger partial charge < -0.3 is 9.47 Å². The van der Waals surface area contributed by atoms with E-state index in [9.17, 15) is 4.79 Å². The lowest BCUT2D eigenvalue weighted by atomic mass is 10.1. The molecule has 0 spiro atoms. The first-order valence-corrected chi connectivity index (χ1v) is 10.6. The van der Waals surface area contributed by atoms with E-state index in [1.54, 1.807) is 10.6 Å². The fourth-order valence-corrected chi connectivity index (χ4v) is 5.12. The molecule has 1 aliphatic heterocycles. The third kappa shape index (κ3) is 3.11. The number of hydrogen-bond acceptors (Lipinski definition) is 4. The van der Waals surface area contributed by atoms with E-state index in [2.05, 4.69) is 57.6 Å². The molecule has 28 heavy (non-hydrogen) atoms. The van der Waals surface area contributed by atoms with Gasteiger partial charge in [-0.15, -0.1) is 11.3 Å². The maximum atomic E-state index is 11.8. The van der Waals surface area contributed by atoms with E-state index in [1.807, 2.05) is 24.5 Å². The van der Waals surface area contributed by atoms with Gasteiger partial charge in [0.2, 0.25) is 0 Å². The number of fused-ring (bicyclic) bond motifs is 2. The van der Waals surface area contributed by atoms with Gasteiger partial charge in [0.25, 0.3) is 5.56 Å². The van der Waals surface area contributed by atoms with Gasteiger partial charge in [0.15, 0.2) is 0 Å². The SMILES string of the molecule is Cn1c(=O)ccc2cc(CN3CCN(c4csc5ccccc45)CC3)ccc21. The largest absolute Gasteiger partial charge is 0.368 e. The van der Waals surface area contributed by atoms with Crippen molar-refractivity contribution in [1.82, 2.24) is 9.47 Å². The summed E-state index contributed by atoms with van der Waals surface area (Å²) in [7, 11) is 1.83. The zero-order valence-electron chi connectivity index (χ0n) is 16.0. The third-order valence-electron chi connectivity index (χ3n) is 5.77. The summed E-state index contributed by atoms with van der Waals surface area (Å²) in [5.74, 6) is 0. The second kappa shape index (κ2) is 7.08. The Morgan fingerprint density at radius 2 is 1.79 bits per heavy atom. The highest BCUT2D eigenvalue weighted by molar-refractivity contribution is 7.17. The van der Waals surface area contributed by atoms with Crippen LogP contribution < -0.4 is 10.5 Å². The predicted molar refractivity (Wildman–Crippen MR) is 119 cm³/mol. The zero-order chi connectivity index (χ0) is 19.1. The molecule has 5 heteroatoms. The van der Waals surface area contributed by atoms with Gasteiger partial charge >= 0.3 is 0 Å². The van der Waals surface area contributed by atoms with Crippen LogP contribution in [0.15, 0.2) is 64.8 Å². The summed E-state index contributed by atoms with van der Waals surface area (Å²) in [4.78, 5) is 16.8. The topological polar surface area (TPSA) is 28.5 Å². The number of benzene rings is 2. The zero-order valence-corrected chi connectivity index (χ0v) is 16.8. The first kappa shape index (κ1) is 17.5. The number of aromatic nitrogens is 1. The molecule has 0 saturated carbocycles. The summed E-state index contributed by atoms with van der Waals surface area (Å²) in [5.41, 5.74) is 3.72. The monoisotopic (exact) mass is 389 g/mol. The molecule has 4 nitrogen and oxygen atoms in total. The molecule has 4 aromatic rings. The molecule has 3 heterocycles. The molecule has 1 saturated heterocycles. The molecule has 2 aromatic heterocycles. The third-order valence-corrected chi connectivity index (χ3v) is 6.72. The van der Waals surface area contributed by atoms with Gasteiger partial charge in [-0.2, -0.15) is 0 Å². The Morgan fingerprint density at radius 1 is 0.964 bits per heavy atom. The Labute approximate surface area is 168 Å². The second-order valence-corrected chi connectivity index (χ2v) is 8.42. The van der Waals surface area contributed by atoms with E-state index in [-0.39, 0.29) is 5.56 Å². The van der Waals surface area contributed by atoms with Gasteiger partial charge in [0.1, 0.15) is 0 Å². The van der Waals surface area contributed by atoms with E-state index in [0.29, 0.717) is 0 Å². The summed E-state index contributed by atoms with van der Waals surface area (Å²) in [6.45, 7) is 5.20. The van der Waals surface area contributed by atoms with Crippen LogP contribution in [0.2, 0.25) is 0 Å². The van der Waals surface area contributed by atoms with Crippen LogP contribution >= 0.6 is 11.3 Å². The average molecular weight is 390 g/mol. The molecule has 0 radical (unpaired) electrons. The molecule has 0 aliphatic carbocycles. The molecule has 2 aromatic carbocycles. The molecule has 1 fully saturated rings. The van der Waals surface area contributed by atoms with Gasteiger partial charge in [-0.25, -0.2) is 0 Å². The summed E-state index contributed by atoms with van der Waals surface area (Å²) < 4.78 is 3.08. The highest BCUT2D eigenvalue weighted by atomic mass is 32.1. The lowest BCUT2D eigenvalue weighted by Crippen LogP contribution is -2.45. The second-order valence-electron chi connectivity index (χ2n) is 7.50. The van der Waals surface area contributed by atoms with E-state index in [0.717, 1.165) is 43.6 Å². The van der Waals surface area contributed by atoms with Crippen molar-refractivity contribution in [3.63, 3.8) is 0 Å². The Kier molecular flexibility index (Phi) is 4.41. The minimum atomic E-state index is 0.0392. The molecule has 0 N–H and O–H groups in total. The van der Waals surface area contributed by atoms with Gasteiger partial charge in [-0.1, -0.05) is 24.3 Å². The number of rotatable bonds is 3. The Balaban J connectivity index is 1.29. The van der Waals surface area contributed by atoms with Gasteiger partial charge in [0, 0.05) is 61.3 Å². The average Bonchev–Trinajstić information content (AvgIpc) is 3.16.